The summed E-state index contributed by atoms with van der Waals surface area (Å²) in [5, 5.41) is 0. The topological polar surface area (TPSA) is 0 Å². The molecule has 0 bridgehead atoms. The molecule has 0 nitrogen and oxygen atoms in total. The molecule has 0 fully saturated rings. The Balaban J connectivity index is 1.74. The molecule has 0 aromatic heterocycles. The molecule has 28 heavy (non-hydrogen) atoms. The monoisotopic (exact) mass is 368 g/mol. The lowest BCUT2D eigenvalue weighted by molar-refractivity contribution is 0.445. The minimum Gasteiger partial charge on any atom is -0.0840 e. The maximum absolute atomic E-state index is 3.43. The first-order valence-electron chi connectivity index (χ1n) is 10.9. The summed E-state index contributed by atoms with van der Waals surface area (Å²) in [5.41, 5.74) is 6.27. The van der Waals surface area contributed by atoms with Crippen molar-refractivity contribution in [3.63, 3.8) is 0 Å². The molecule has 2 aromatic rings. The van der Waals surface area contributed by atoms with E-state index in [1.165, 1.54) is 55.2 Å². The molecule has 0 heteroatoms. The van der Waals surface area contributed by atoms with E-state index in [-0.39, 0.29) is 0 Å². The van der Waals surface area contributed by atoms with E-state index < -0.39 is 0 Å². The molecular weight excluding hydrogens is 336 g/mol. The van der Waals surface area contributed by atoms with Gasteiger partial charge in [-0.05, 0) is 66.5 Å². The molecule has 1 atom stereocenters. The van der Waals surface area contributed by atoms with Crippen LogP contribution in [0.25, 0.3) is 11.6 Å². The molecule has 0 heterocycles. The average Bonchev–Trinajstić information content (AvgIpc) is 2.74. The van der Waals surface area contributed by atoms with E-state index >= 15 is 0 Å². The lowest BCUT2D eigenvalue weighted by Crippen LogP contribution is -2.05. The first-order chi connectivity index (χ1) is 13.8. The fourth-order valence-corrected chi connectivity index (χ4v) is 3.88. The lowest BCUT2D eigenvalue weighted by Gasteiger charge is -2.22. The molecule has 144 valence electrons. The van der Waals surface area contributed by atoms with Crippen LogP contribution in [0.2, 0.25) is 0 Å². The van der Waals surface area contributed by atoms with Crippen LogP contribution in [0.5, 0.6) is 0 Å². The van der Waals surface area contributed by atoms with Crippen LogP contribution in [-0.4, -0.2) is 0 Å². The van der Waals surface area contributed by atoms with Crippen molar-refractivity contribution in [3.8, 4) is 11.8 Å². The summed E-state index contributed by atoms with van der Waals surface area (Å²) in [6, 6.07) is 17.2. The summed E-state index contributed by atoms with van der Waals surface area (Å²) < 4.78 is 0. The highest BCUT2D eigenvalue weighted by Crippen LogP contribution is 2.33. The lowest BCUT2D eigenvalue weighted by atomic mass is 9.83. The Morgan fingerprint density at radius 3 is 2.50 bits per heavy atom. The number of allylic oxidation sites excluding steroid dienone is 3. The van der Waals surface area contributed by atoms with Crippen LogP contribution in [0.1, 0.15) is 81.0 Å². The van der Waals surface area contributed by atoms with Gasteiger partial charge in [-0.1, -0.05) is 93.5 Å². The summed E-state index contributed by atoms with van der Waals surface area (Å²) >= 11 is 0. The Morgan fingerprint density at radius 1 is 0.964 bits per heavy atom. The average molecular weight is 369 g/mol. The van der Waals surface area contributed by atoms with Crippen molar-refractivity contribution in [2.24, 2.45) is 5.92 Å². The summed E-state index contributed by atoms with van der Waals surface area (Å²) in [6.45, 7) is 4.49. The van der Waals surface area contributed by atoms with Gasteiger partial charge in [-0.2, -0.15) is 0 Å². The van der Waals surface area contributed by atoms with E-state index in [1.807, 2.05) is 0 Å². The van der Waals surface area contributed by atoms with Gasteiger partial charge in [-0.15, -0.1) is 0 Å². The van der Waals surface area contributed by atoms with Gasteiger partial charge in [-0.25, -0.2) is 0 Å². The molecule has 1 unspecified atom stereocenters. The van der Waals surface area contributed by atoms with Crippen LogP contribution in [0, 0.1) is 17.8 Å². The van der Waals surface area contributed by atoms with Crippen molar-refractivity contribution < 1.29 is 0 Å². The van der Waals surface area contributed by atoms with Crippen molar-refractivity contribution in [1.29, 1.82) is 0 Å². The maximum Gasteiger partial charge on any atom is 0.0324 e. The summed E-state index contributed by atoms with van der Waals surface area (Å²) in [4.78, 5) is 0. The Labute approximate surface area is 171 Å². The highest BCUT2D eigenvalue weighted by molar-refractivity contribution is 5.72. The molecule has 0 saturated heterocycles. The smallest absolute Gasteiger partial charge is 0.0324 e. The second kappa shape index (κ2) is 10.7. The van der Waals surface area contributed by atoms with Crippen molar-refractivity contribution in [2.45, 2.75) is 58.8 Å². The summed E-state index contributed by atoms with van der Waals surface area (Å²) in [5.74, 6) is 7.66. The standard InChI is InChI=1S/C28H32/c1-3-5-6-10-24-13-15-25(16-14-24)19-20-26-11-7-8-12-28(26)27-21-17-23(9-4-2)18-22-27/h6-8,10-16,21,23H,3-5,9,17-18,22H2,1-2H3. The zero-order valence-corrected chi connectivity index (χ0v) is 17.4. The van der Waals surface area contributed by atoms with Crippen LogP contribution < -0.4 is 0 Å². The predicted octanol–water partition coefficient (Wildman–Crippen LogP) is 7.88. The van der Waals surface area contributed by atoms with E-state index in [0.717, 1.165) is 23.5 Å². The Kier molecular flexibility index (Phi) is 7.74. The van der Waals surface area contributed by atoms with Gasteiger partial charge in [0.15, 0.2) is 0 Å². The number of hydrogen-bond donors (Lipinski definition) is 0. The minimum absolute atomic E-state index is 0.872. The quantitative estimate of drug-likeness (QED) is 0.455. The van der Waals surface area contributed by atoms with Gasteiger partial charge in [0.25, 0.3) is 0 Å². The second-order valence-corrected chi connectivity index (χ2v) is 7.77. The van der Waals surface area contributed by atoms with E-state index in [0.29, 0.717) is 0 Å². The fraction of sp³-hybridized carbons (Fsp3) is 0.357. The molecule has 0 spiro atoms. The van der Waals surface area contributed by atoms with Crippen LogP contribution in [0.3, 0.4) is 0 Å². The van der Waals surface area contributed by atoms with Gasteiger partial charge >= 0.3 is 0 Å². The molecule has 1 aliphatic carbocycles. The molecular formula is C28H32. The van der Waals surface area contributed by atoms with Gasteiger partial charge in [0, 0.05) is 11.1 Å². The van der Waals surface area contributed by atoms with E-state index in [9.17, 15) is 0 Å². The fourth-order valence-electron chi connectivity index (χ4n) is 3.88. The largest absolute Gasteiger partial charge is 0.0840 e. The van der Waals surface area contributed by atoms with E-state index in [2.05, 4.69) is 92.4 Å². The van der Waals surface area contributed by atoms with Gasteiger partial charge < -0.3 is 0 Å². The number of unbranched alkanes of at least 4 members (excludes halogenated alkanes) is 1. The van der Waals surface area contributed by atoms with Crippen molar-refractivity contribution in [3.05, 3.63) is 82.9 Å². The van der Waals surface area contributed by atoms with Crippen LogP contribution >= 0.6 is 0 Å². The van der Waals surface area contributed by atoms with Crippen LogP contribution in [0.15, 0.2) is 60.7 Å². The first kappa shape index (κ1) is 20.2. The van der Waals surface area contributed by atoms with Gasteiger partial charge in [0.1, 0.15) is 0 Å². The molecule has 0 radical (unpaired) electrons. The molecule has 0 N–H and O–H groups in total. The number of hydrogen-bond acceptors (Lipinski definition) is 0. The zero-order chi connectivity index (χ0) is 19.6. The normalized spacial score (nSPS) is 16.5. The summed E-state index contributed by atoms with van der Waals surface area (Å²) in [6.07, 6.45) is 15.6. The van der Waals surface area contributed by atoms with Crippen molar-refractivity contribution in [2.75, 3.05) is 0 Å². The third kappa shape index (κ3) is 5.74. The van der Waals surface area contributed by atoms with Crippen molar-refractivity contribution >= 4 is 11.6 Å². The Hall–Kier alpha value is -2.52. The molecule has 0 amide bonds. The third-order valence-corrected chi connectivity index (χ3v) is 5.51. The van der Waals surface area contributed by atoms with Gasteiger partial charge in [-0.3, -0.25) is 0 Å². The first-order valence-corrected chi connectivity index (χ1v) is 10.9. The number of rotatable bonds is 6. The van der Waals surface area contributed by atoms with E-state index in [1.54, 1.807) is 0 Å². The molecule has 1 aliphatic rings. The van der Waals surface area contributed by atoms with Gasteiger partial charge in [0.05, 0.1) is 0 Å². The highest BCUT2D eigenvalue weighted by atomic mass is 14.2. The SMILES string of the molecule is CCCC=Cc1ccc(C#Cc2ccccc2C2=CCC(CCC)CC2)cc1. The Bertz CT molecular complexity index is 868. The minimum atomic E-state index is 0.872. The number of benzene rings is 2. The van der Waals surface area contributed by atoms with Crippen LogP contribution in [-0.2, 0) is 0 Å². The predicted molar refractivity (Wildman–Crippen MR) is 123 cm³/mol. The van der Waals surface area contributed by atoms with Gasteiger partial charge in [0.2, 0.25) is 0 Å². The molecule has 3 rings (SSSR count). The van der Waals surface area contributed by atoms with Crippen molar-refractivity contribution in [1.82, 2.24) is 0 Å². The maximum atomic E-state index is 3.43. The Morgan fingerprint density at radius 2 is 1.79 bits per heavy atom. The van der Waals surface area contributed by atoms with Crippen LogP contribution in [0.4, 0.5) is 0 Å². The molecule has 2 aromatic carbocycles. The zero-order valence-electron chi connectivity index (χ0n) is 17.4. The second-order valence-electron chi connectivity index (χ2n) is 7.77. The highest BCUT2D eigenvalue weighted by Gasteiger charge is 2.15. The third-order valence-electron chi connectivity index (χ3n) is 5.51. The molecule has 0 aliphatic heterocycles. The summed E-state index contributed by atoms with van der Waals surface area (Å²) in [7, 11) is 0. The molecule has 0 saturated carbocycles. The van der Waals surface area contributed by atoms with E-state index in [4.69, 9.17) is 0 Å².